The summed E-state index contributed by atoms with van der Waals surface area (Å²) in [5.74, 6) is -0.782. The quantitative estimate of drug-likeness (QED) is 0.722. The zero-order valence-corrected chi connectivity index (χ0v) is 18.0. The number of urea groups is 1. The normalized spacial score (nSPS) is 19.0. The average Bonchev–Trinajstić information content (AvgIpc) is 2.92. The fraction of sp³-hybridized carbons (Fsp3) is 0.375. The van der Waals surface area contributed by atoms with Crippen LogP contribution in [-0.2, 0) is 27.0 Å². The van der Waals surface area contributed by atoms with Gasteiger partial charge in [0.25, 0.3) is 5.91 Å². The third-order valence-electron chi connectivity index (χ3n) is 5.48. The molecule has 3 rings (SSSR count). The minimum atomic E-state index is -1.18. The standard InChI is InChI=1S/C24H29N3O3/c1-23(2,3)18-10-12-19(13-11-18)24(4)21(29)27(22(30)26-24)16-20(28)25-15-14-17-8-6-5-7-9-17/h5-13H,14-16H2,1-4H3,(H,25,28)(H,26,30)/t24-/m1/s1. The van der Waals surface area contributed by atoms with Gasteiger partial charge in [0.2, 0.25) is 5.91 Å². The topological polar surface area (TPSA) is 78.5 Å². The summed E-state index contributed by atoms with van der Waals surface area (Å²) in [5.41, 5.74) is 1.76. The molecule has 30 heavy (non-hydrogen) atoms. The number of nitrogens with one attached hydrogen (secondary N) is 2. The third kappa shape index (κ3) is 4.53. The number of carbonyl (C=O) groups excluding carboxylic acids is 3. The molecule has 1 heterocycles. The van der Waals surface area contributed by atoms with E-state index in [-0.39, 0.29) is 17.9 Å². The molecule has 0 bridgehead atoms. The summed E-state index contributed by atoms with van der Waals surface area (Å²) in [6.45, 7) is 8.17. The highest BCUT2D eigenvalue weighted by molar-refractivity contribution is 6.09. The van der Waals surface area contributed by atoms with Gasteiger partial charge in [0.1, 0.15) is 12.1 Å². The molecule has 0 spiro atoms. The first-order valence-corrected chi connectivity index (χ1v) is 10.2. The van der Waals surface area contributed by atoms with Crippen molar-refractivity contribution in [1.29, 1.82) is 0 Å². The lowest BCUT2D eigenvalue weighted by Crippen LogP contribution is -2.43. The van der Waals surface area contributed by atoms with Gasteiger partial charge in [-0.15, -0.1) is 0 Å². The Kier molecular flexibility index (Phi) is 5.97. The number of rotatable bonds is 6. The summed E-state index contributed by atoms with van der Waals surface area (Å²) in [5, 5.41) is 5.53. The maximum atomic E-state index is 13.0. The molecule has 0 unspecified atom stereocenters. The molecule has 2 aromatic carbocycles. The SMILES string of the molecule is CC(C)(C)c1ccc([C@@]2(C)NC(=O)N(CC(=O)NCCc3ccccc3)C2=O)cc1. The first-order valence-electron chi connectivity index (χ1n) is 10.2. The molecule has 6 heteroatoms. The number of imide groups is 1. The molecule has 2 aromatic rings. The van der Waals surface area contributed by atoms with Crippen molar-refractivity contribution in [2.75, 3.05) is 13.1 Å². The van der Waals surface area contributed by atoms with E-state index in [1.165, 1.54) is 0 Å². The first-order chi connectivity index (χ1) is 14.1. The number of nitrogens with zero attached hydrogens (tertiary/aromatic N) is 1. The molecule has 0 saturated carbocycles. The van der Waals surface area contributed by atoms with Gasteiger partial charge in [-0.05, 0) is 35.4 Å². The fourth-order valence-corrected chi connectivity index (χ4v) is 3.53. The Labute approximate surface area is 177 Å². The number of hydrogen-bond acceptors (Lipinski definition) is 3. The monoisotopic (exact) mass is 407 g/mol. The number of hydrogen-bond donors (Lipinski definition) is 2. The van der Waals surface area contributed by atoms with E-state index < -0.39 is 17.5 Å². The molecular formula is C24H29N3O3. The van der Waals surface area contributed by atoms with E-state index in [0.29, 0.717) is 18.5 Å². The highest BCUT2D eigenvalue weighted by Crippen LogP contribution is 2.31. The van der Waals surface area contributed by atoms with E-state index >= 15 is 0 Å². The van der Waals surface area contributed by atoms with Crippen molar-refractivity contribution in [2.45, 2.75) is 45.1 Å². The second-order valence-corrected chi connectivity index (χ2v) is 8.86. The Hall–Kier alpha value is -3.15. The van der Waals surface area contributed by atoms with Crippen LogP contribution in [0.2, 0.25) is 0 Å². The third-order valence-corrected chi connectivity index (χ3v) is 5.48. The van der Waals surface area contributed by atoms with Crippen LogP contribution < -0.4 is 10.6 Å². The van der Waals surface area contributed by atoms with E-state index in [1.54, 1.807) is 6.92 Å². The summed E-state index contributed by atoms with van der Waals surface area (Å²) in [7, 11) is 0. The average molecular weight is 408 g/mol. The number of benzene rings is 2. The summed E-state index contributed by atoms with van der Waals surface area (Å²) in [6, 6.07) is 16.9. The van der Waals surface area contributed by atoms with Gasteiger partial charge in [0, 0.05) is 6.54 Å². The van der Waals surface area contributed by atoms with Crippen molar-refractivity contribution in [2.24, 2.45) is 0 Å². The molecule has 0 radical (unpaired) electrons. The van der Waals surface area contributed by atoms with Gasteiger partial charge in [0.05, 0.1) is 0 Å². The van der Waals surface area contributed by atoms with E-state index in [2.05, 4.69) is 31.4 Å². The molecule has 2 N–H and O–H groups in total. The summed E-state index contributed by atoms with van der Waals surface area (Å²) >= 11 is 0. The molecular weight excluding hydrogens is 378 g/mol. The Bertz CT molecular complexity index is 932. The van der Waals surface area contributed by atoms with Crippen LogP contribution in [0.3, 0.4) is 0 Å². The Morgan fingerprint density at radius 2 is 1.67 bits per heavy atom. The molecule has 0 aliphatic carbocycles. The summed E-state index contributed by atoms with van der Waals surface area (Å²) in [4.78, 5) is 38.7. The van der Waals surface area contributed by atoms with Gasteiger partial charge in [-0.2, -0.15) is 0 Å². The molecule has 1 fully saturated rings. The zero-order chi connectivity index (χ0) is 21.9. The minimum absolute atomic E-state index is 0.00770. The largest absolute Gasteiger partial charge is 0.354 e. The van der Waals surface area contributed by atoms with Crippen molar-refractivity contribution >= 4 is 17.8 Å². The maximum Gasteiger partial charge on any atom is 0.325 e. The van der Waals surface area contributed by atoms with E-state index in [1.807, 2.05) is 54.6 Å². The van der Waals surface area contributed by atoms with E-state index in [4.69, 9.17) is 0 Å². The molecule has 6 nitrogen and oxygen atoms in total. The molecule has 4 amide bonds. The Balaban J connectivity index is 1.63. The lowest BCUT2D eigenvalue weighted by Gasteiger charge is -2.24. The van der Waals surface area contributed by atoms with Crippen LogP contribution in [0.25, 0.3) is 0 Å². The Morgan fingerprint density at radius 3 is 2.27 bits per heavy atom. The van der Waals surface area contributed by atoms with Gasteiger partial charge in [-0.3, -0.25) is 14.5 Å². The van der Waals surface area contributed by atoms with Crippen LogP contribution in [0.5, 0.6) is 0 Å². The van der Waals surface area contributed by atoms with Gasteiger partial charge in [0.15, 0.2) is 0 Å². The molecule has 158 valence electrons. The predicted octanol–water partition coefficient (Wildman–Crippen LogP) is 3.11. The smallest absolute Gasteiger partial charge is 0.325 e. The summed E-state index contributed by atoms with van der Waals surface area (Å²) < 4.78 is 0. The highest BCUT2D eigenvalue weighted by atomic mass is 16.2. The molecule has 1 aliphatic rings. The highest BCUT2D eigenvalue weighted by Gasteiger charge is 2.49. The predicted molar refractivity (Wildman–Crippen MR) is 116 cm³/mol. The fourth-order valence-electron chi connectivity index (χ4n) is 3.53. The van der Waals surface area contributed by atoms with E-state index in [9.17, 15) is 14.4 Å². The van der Waals surface area contributed by atoms with Crippen LogP contribution in [-0.4, -0.2) is 35.8 Å². The van der Waals surface area contributed by atoms with Crippen molar-refractivity contribution < 1.29 is 14.4 Å². The van der Waals surface area contributed by atoms with Crippen molar-refractivity contribution in [1.82, 2.24) is 15.5 Å². The van der Waals surface area contributed by atoms with Crippen LogP contribution in [0.4, 0.5) is 4.79 Å². The van der Waals surface area contributed by atoms with Crippen molar-refractivity contribution in [3.8, 4) is 0 Å². The van der Waals surface area contributed by atoms with Gasteiger partial charge in [-0.1, -0.05) is 75.4 Å². The van der Waals surface area contributed by atoms with Crippen LogP contribution in [0.15, 0.2) is 54.6 Å². The van der Waals surface area contributed by atoms with Gasteiger partial charge >= 0.3 is 6.03 Å². The van der Waals surface area contributed by atoms with Crippen LogP contribution in [0, 0.1) is 0 Å². The van der Waals surface area contributed by atoms with Crippen LogP contribution in [0.1, 0.15) is 44.4 Å². The molecule has 1 saturated heterocycles. The van der Waals surface area contributed by atoms with Gasteiger partial charge < -0.3 is 10.6 Å². The van der Waals surface area contributed by atoms with Gasteiger partial charge in [-0.25, -0.2) is 4.79 Å². The second kappa shape index (κ2) is 8.30. The van der Waals surface area contributed by atoms with Crippen molar-refractivity contribution in [3.05, 3.63) is 71.3 Å². The number of amides is 4. The van der Waals surface area contributed by atoms with E-state index in [0.717, 1.165) is 16.0 Å². The summed E-state index contributed by atoms with van der Waals surface area (Å²) in [6.07, 6.45) is 0.685. The van der Waals surface area contributed by atoms with Crippen LogP contribution >= 0.6 is 0 Å². The minimum Gasteiger partial charge on any atom is -0.354 e. The zero-order valence-electron chi connectivity index (χ0n) is 18.0. The Morgan fingerprint density at radius 1 is 1.03 bits per heavy atom. The first kappa shape index (κ1) is 21.6. The lowest BCUT2D eigenvalue weighted by molar-refractivity contribution is -0.134. The maximum absolute atomic E-state index is 13.0. The molecule has 1 atom stereocenters. The van der Waals surface area contributed by atoms with Crippen molar-refractivity contribution in [3.63, 3.8) is 0 Å². The molecule has 0 aromatic heterocycles. The lowest BCUT2D eigenvalue weighted by atomic mass is 9.84. The second-order valence-electron chi connectivity index (χ2n) is 8.86. The molecule has 1 aliphatic heterocycles. The number of carbonyl (C=O) groups is 3.